The molecule has 92 valence electrons. The molecule has 2 rings (SSSR count). The second kappa shape index (κ2) is 4.66. The number of halogens is 1. The number of cyclic esters (lactones) is 1. The zero-order valence-corrected chi connectivity index (χ0v) is 11.5. The Morgan fingerprint density at radius 2 is 2.24 bits per heavy atom. The number of ether oxygens (including phenoxy) is 1. The van der Waals surface area contributed by atoms with Gasteiger partial charge in [0.2, 0.25) is 0 Å². The fourth-order valence-corrected chi connectivity index (χ4v) is 2.52. The lowest BCUT2D eigenvalue weighted by molar-refractivity contribution is 0.0734. The van der Waals surface area contributed by atoms with E-state index < -0.39 is 5.60 Å². The molecule has 5 heteroatoms. The van der Waals surface area contributed by atoms with Crippen molar-refractivity contribution >= 4 is 27.7 Å². The van der Waals surface area contributed by atoms with Crippen LogP contribution in [0.4, 0.5) is 10.5 Å². The molecule has 4 nitrogen and oxygen atoms in total. The summed E-state index contributed by atoms with van der Waals surface area (Å²) in [7, 11) is 1.85. The summed E-state index contributed by atoms with van der Waals surface area (Å²) in [5, 5.41) is 3.04. The smallest absolute Gasteiger partial charge is 0.415 e. The first-order valence-corrected chi connectivity index (χ1v) is 6.25. The molecule has 1 aromatic carbocycles. The number of rotatable bonds is 3. The highest BCUT2D eigenvalue weighted by Gasteiger charge is 2.42. The molecule has 1 aliphatic rings. The average molecular weight is 299 g/mol. The number of para-hydroxylation sites is 1. The van der Waals surface area contributed by atoms with E-state index in [1.54, 1.807) is 4.90 Å². The number of hydrogen-bond donors (Lipinski definition) is 1. The van der Waals surface area contributed by atoms with Gasteiger partial charge in [-0.15, -0.1) is 0 Å². The van der Waals surface area contributed by atoms with Gasteiger partial charge in [-0.3, -0.25) is 4.90 Å². The zero-order chi connectivity index (χ0) is 12.5. The normalized spacial score (nSPS) is 23.9. The average Bonchev–Trinajstić information content (AvgIpc) is 2.55. The van der Waals surface area contributed by atoms with Gasteiger partial charge in [0.15, 0.2) is 0 Å². The zero-order valence-electron chi connectivity index (χ0n) is 9.87. The molecular formula is C12H15BrN2O2. The second-order valence-corrected chi connectivity index (χ2v) is 5.24. The van der Waals surface area contributed by atoms with Crippen LogP contribution in [0.15, 0.2) is 28.7 Å². The molecule has 1 heterocycles. The summed E-state index contributed by atoms with van der Waals surface area (Å²) >= 11 is 3.45. The van der Waals surface area contributed by atoms with Gasteiger partial charge in [-0.1, -0.05) is 12.1 Å². The third-order valence-electron chi connectivity index (χ3n) is 2.74. The Morgan fingerprint density at radius 3 is 2.88 bits per heavy atom. The van der Waals surface area contributed by atoms with Crippen LogP contribution in [0.3, 0.4) is 0 Å². The van der Waals surface area contributed by atoms with Gasteiger partial charge >= 0.3 is 6.09 Å². The monoisotopic (exact) mass is 298 g/mol. The first kappa shape index (κ1) is 12.4. The summed E-state index contributed by atoms with van der Waals surface area (Å²) in [6.07, 6.45) is -0.297. The van der Waals surface area contributed by atoms with Crippen LogP contribution in [0.25, 0.3) is 0 Å². The Bertz CT molecular complexity index is 438. The Balaban J connectivity index is 2.25. The Labute approximate surface area is 109 Å². The van der Waals surface area contributed by atoms with Gasteiger partial charge < -0.3 is 10.1 Å². The van der Waals surface area contributed by atoms with Crippen LogP contribution < -0.4 is 10.2 Å². The predicted molar refractivity (Wildman–Crippen MR) is 70.3 cm³/mol. The molecule has 1 fully saturated rings. The molecule has 0 radical (unpaired) electrons. The van der Waals surface area contributed by atoms with Crippen LogP contribution in [0.1, 0.15) is 6.92 Å². The van der Waals surface area contributed by atoms with Crippen molar-refractivity contribution in [3.05, 3.63) is 28.7 Å². The number of nitrogens with zero attached hydrogens (tertiary/aromatic N) is 1. The fraction of sp³-hybridized carbons (Fsp3) is 0.417. The van der Waals surface area contributed by atoms with Gasteiger partial charge in [-0.05, 0) is 42.0 Å². The Kier molecular flexibility index (Phi) is 3.40. The molecule has 1 atom stereocenters. The molecule has 1 aliphatic heterocycles. The lowest BCUT2D eigenvalue weighted by Crippen LogP contribution is -2.40. The number of amides is 1. The highest BCUT2D eigenvalue weighted by Crippen LogP contribution is 2.32. The maximum atomic E-state index is 11.9. The summed E-state index contributed by atoms with van der Waals surface area (Å²) in [4.78, 5) is 13.5. The molecule has 0 aliphatic carbocycles. The quantitative estimate of drug-likeness (QED) is 0.931. The largest absolute Gasteiger partial charge is 0.440 e. The summed E-state index contributed by atoms with van der Waals surface area (Å²) in [6.45, 7) is 3.12. The number of anilines is 1. The minimum Gasteiger partial charge on any atom is -0.440 e. The van der Waals surface area contributed by atoms with Crippen molar-refractivity contribution in [1.29, 1.82) is 0 Å². The lowest BCUT2D eigenvalue weighted by atomic mass is 10.1. The maximum Gasteiger partial charge on any atom is 0.415 e. The van der Waals surface area contributed by atoms with Crippen molar-refractivity contribution in [2.45, 2.75) is 12.5 Å². The molecule has 0 aromatic heterocycles. The van der Waals surface area contributed by atoms with Crippen LogP contribution in [-0.2, 0) is 4.74 Å². The highest BCUT2D eigenvalue weighted by molar-refractivity contribution is 9.10. The number of carbonyl (C=O) groups is 1. The first-order valence-electron chi connectivity index (χ1n) is 5.45. The molecule has 0 spiro atoms. The number of hydrogen-bond acceptors (Lipinski definition) is 3. The second-order valence-electron chi connectivity index (χ2n) is 4.39. The minimum absolute atomic E-state index is 0.297. The van der Waals surface area contributed by atoms with E-state index in [-0.39, 0.29) is 6.09 Å². The van der Waals surface area contributed by atoms with E-state index in [1.807, 2.05) is 38.2 Å². The third-order valence-corrected chi connectivity index (χ3v) is 3.41. The summed E-state index contributed by atoms with van der Waals surface area (Å²) in [6, 6.07) is 7.63. The van der Waals surface area contributed by atoms with E-state index >= 15 is 0 Å². The van der Waals surface area contributed by atoms with Gasteiger partial charge in [-0.2, -0.15) is 0 Å². The molecule has 1 saturated heterocycles. The number of likely N-dealkylation sites (N-methyl/N-ethyl adjacent to an activating group) is 1. The van der Waals surface area contributed by atoms with E-state index in [0.29, 0.717) is 13.1 Å². The van der Waals surface area contributed by atoms with E-state index in [4.69, 9.17) is 4.74 Å². The lowest BCUT2D eigenvalue weighted by Gasteiger charge is -2.21. The van der Waals surface area contributed by atoms with Crippen molar-refractivity contribution in [3.63, 3.8) is 0 Å². The molecule has 0 bridgehead atoms. The van der Waals surface area contributed by atoms with Crippen LogP contribution in [-0.4, -0.2) is 31.8 Å². The van der Waals surface area contributed by atoms with E-state index in [9.17, 15) is 4.79 Å². The standard InChI is InChI=1S/C12H15BrN2O2/c1-12(7-14-2)8-15(11(16)17-12)10-6-4-3-5-9(10)13/h3-6,14H,7-8H2,1-2H3. The van der Waals surface area contributed by atoms with Crippen LogP contribution in [0.5, 0.6) is 0 Å². The molecule has 1 unspecified atom stereocenters. The number of nitrogens with one attached hydrogen (secondary N) is 1. The van der Waals surface area contributed by atoms with Crippen LogP contribution in [0, 0.1) is 0 Å². The van der Waals surface area contributed by atoms with Crippen molar-refractivity contribution in [1.82, 2.24) is 5.32 Å². The molecule has 1 amide bonds. The maximum absolute atomic E-state index is 11.9. The van der Waals surface area contributed by atoms with Gasteiger partial charge in [0.1, 0.15) is 5.60 Å². The Hall–Kier alpha value is -1.07. The van der Waals surface area contributed by atoms with Gasteiger partial charge in [0.05, 0.1) is 12.2 Å². The summed E-state index contributed by atoms with van der Waals surface area (Å²) in [5.41, 5.74) is 0.374. The molecular weight excluding hydrogens is 284 g/mol. The Morgan fingerprint density at radius 1 is 1.53 bits per heavy atom. The van der Waals surface area contributed by atoms with Gasteiger partial charge in [0, 0.05) is 11.0 Å². The van der Waals surface area contributed by atoms with Gasteiger partial charge in [-0.25, -0.2) is 4.79 Å². The molecule has 0 saturated carbocycles. The highest BCUT2D eigenvalue weighted by atomic mass is 79.9. The van der Waals surface area contributed by atoms with Crippen LogP contribution in [0.2, 0.25) is 0 Å². The minimum atomic E-state index is -0.471. The molecule has 1 N–H and O–H groups in total. The summed E-state index contributed by atoms with van der Waals surface area (Å²) in [5.74, 6) is 0. The van der Waals surface area contributed by atoms with Crippen molar-refractivity contribution in [2.75, 3.05) is 25.0 Å². The van der Waals surface area contributed by atoms with Gasteiger partial charge in [0.25, 0.3) is 0 Å². The summed E-state index contributed by atoms with van der Waals surface area (Å²) < 4.78 is 6.31. The van der Waals surface area contributed by atoms with Crippen molar-refractivity contribution in [2.24, 2.45) is 0 Å². The topological polar surface area (TPSA) is 41.6 Å². The first-order chi connectivity index (χ1) is 8.06. The van der Waals surface area contributed by atoms with E-state index in [0.717, 1.165) is 10.2 Å². The van der Waals surface area contributed by atoms with Crippen molar-refractivity contribution < 1.29 is 9.53 Å². The third kappa shape index (κ3) is 2.45. The molecule has 1 aromatic rings. The fourth-order valence-electron chi connectivity index (χ4n) is 2.02. The van der Waals surface area contributed by atoms with E-state index in [1.165, 1.54) is 0 Å². The van der Waals surface area contributed by atoms with Crippen molar-refractivity contribution in [3.8, 4) is 0 Å². The number of benzene rings is 1. The SMILES string of the molecule is CNCC1(C)CN(c2ccccc2Br)C(=O)O1. The van der Waals surface area contributed by atoms with E-state index in [2.05, 4.69) is 21.2 Å². The van der Waals surface area contributed by atoms with Crippen LogP contribution >= 0.6 is 15.9 Å². The number of carbonyl (C=O) groups excluding carboxylic acids is 1. The predicted octanol–water partition coefficient (Wildman–Crippen LogP) is 2.38. The molecule has 17 heavy (non-hydrogen) atoms.